The maximum Gasteiger partial charge on any atom is 0.322 e. The second-order valence-corrected chi connectivity index (χ2v) is 3.70. The number of ether oxygens (including phenoxy) is 1. The second kappa shape index (κ2) is 8.64. The predicted molar refractivity (Wildman–Crippen MR) is 58.1 cm³/mol. The summed E-state index contributed by atoms with van der Waals surface area (Å²) in [5, 5.41) is 8.94. The van der Waals surface area contributed by atoms with E-state index in [4.69, 9.17) is 21.3 Å². The van der Waals surface area contributed by atoms with Crippen molar-refractivity contribution in [3.8, 4) is 0 Å². The average molecular weight is 218 g/mol. The molecule has 0 aliphatic rings. The lowest BCUT2D eigenvalue weighted by atomic mass is 10.1. The van der Waals surface area contributed by atoms with E-state index in [9.17, 15) is 4.79 Å². The molecule has 0 aliphatic heterocycles. The van der Waals surface area contributed by atoms with Gasteiger partial charge < -0.3 is 21.3 Å². The molecular formula is C10H22N2O3. The first-order chi connectivity index (χ1) is 7.07. The Morgan fingerprint density at radius 2 is 2.07 bits per heavy atom. The zero-order valence-corrected chi connectivity index (χ0v) is 9.32. The van der Waals surface area contributed by atoms with Crippen LogP contribution in [0.4, 0.5) is 0 Å². The number of esters is 1. The van der Waals surface area contributed by atoms with Crippen LogP contribution in [0.5, 0.6) is 0 Å². The van der Waals surface area contributed by atoms with Gasteiger partial charge in [-0.3, -0.25) is 4.79 Å². The van der Waals surface area contributed by atoms with Crippen LogP contribution in [0.2, 0.25) is 0 Å². The molecule has 90 valence electrons. The third-order valence-electron chi connectivity index (χ3n) is 2.05. The summed E-state index contributed by atoms with van der Waals surface area (Å²) in [6.45, 7) is 2.49. The first-order valence-electron chi connectivity index (χ1n) is 5.38. The Bertz CT molecular complexity index is 174. The molecule has 0 saturated carbocycles. The van der Waals surface area contributed by atoms with Gasteiger partial charge in [-0.15, -0.1) is 0 Å². The van der Waals surface area contributed by atoms with Gasteiger partial charge in [0.25, 0.3) is 0 Å². The van der Waals surface area contributed by atoms with Crippen molar-refractivity contribution in [2.24, 2.45) is 11.5 Å². The van der Waals surface area contributed by atoms with Gasteiger partial charge in [0.2, 0.25) is 0 Å². The summed E-state index contributed by atoms with van der Waals surface area (Å²) in [4.78, 5) is 11.3. The van der Waals surface area contributed by atoms with Crippen LogP contribution in [0, 0.1) is 0 Å². The highest BCUT2D eigenvalue weighted by atomic mass is 16.5. The van der Waals surface area contributed by atoms with Crippen molar-refractivity contribution in [3.63, 3.8) is 0 Å². The molecule has 0 fully saturated rings. The van der Waals surface area contributed by atoms with Crippen molar-refractivity contribution in [2.75, 3.05) is 13.2 Å². The highest BCUT2D eigenvalue weighted by molar-refractivity contribution is 5.75. The largest absolute Gasteiger partial charge is 0.464 e. The van der Waals surface area contributed by atoms with Gasteiger partial charge in [-0.25, -0.2) is 0 Å². The zero-order chi connectivity index (χ0) is 11.7. The molecule has 2 atom stereocenters. The van der Waals surface area contributed by atoms with Gasteiger partial charge in [0.1, 0.15) is 6.04 Å². The third kappa shape index (κ3) is 8.35. The fourth-order valence-corrected chi connectivity index (χ4v) is 1.06. The smallest absolute Gasteiger partial charge is 0.322 e. The second-order valence-electron chi connectivity index (χ2n) is 3.70. The monoisotopic (exact) mass is 218 g/mol. The molecule has 0 aromatic heterocycles. The molecule has 0 rings (SSSR count). The summed E-state index contributed by atoms with van der Waals surface area (Å²) in [7, 11) is 0. The molecule has 15 heavy (non-hydrogen) atoms. The quantitative estimate of drug-likeness (QED) is 0.385. The van der Waals surface area contributed by atoms with Crippen molar-refractivity contribution in [2.45, 2.75) is 44.8 Å². The van der Waals surface area contributed by atoms with Gasteiger partial charge >= 0.3 is 5.97 Å². The predicted octanol–water partition coefficient (Wildman–Crippen LogP) is -0.243. The van der Waals surface area contributed by atoms with E-state index in [1.165, 1.54) is 0 Å². The number of hydrogen-bond acceptors (Lipinski definition) is 5. The Morgan fingerprint density at radius 3 is 2.60 bits per heavy atom. The molecular weight excluding hydrogens is 196 g/mol. The minimum Gasteiger partial charge on any atom is -0.464 e. The van der Waals surface area contributed by atoms with E-state index in [0.29, 0.717) is 19.4 Å². The van der Waals surface area contributed by atoms with Crippen LogP contribution in [-0.4, -0.2) is 36.4 Å². The van der Waals surface area contributed by atoms with E-state index in [1.54, 1.807) is 6.92 Å². The molecule has 0 aromatic carbocycles. The summed E-state index contributed by atoms with van der Waals surface area (Å²) in [5.74, 6) is -0.396. The van der Waals surface area contributed by atoms with Crippen molar-refractivity contribution in [3.05, 3.63) is 0 Å². The number of nitrogens with two attached hydrogens (primary N) is 2. The Balaban J connectivity index is 3.51. The van der Waals surface area contributed by atoms with Gasteiger partial charge in [-0.05, 0) is 26.3 Å². The average Bonchev–Trinajstić information content (AvgIpc) is 2.17. The first-order valence-corrected chi connectivity index (χ1v) is 5.38. The van der Waals surface area contributed by atoms with Crippen LogP contribution in [0.1, 0.15) is 32.6 Å². The lowest BCUT2D eigenvalue weighted by Gasteiger charge is -2.11. The summed E-state index contributed by atoms with van der Waals surface area (Å²) in [5.41, 5.74) is 10.9. The molecule has 0 saturated heterocycles. The van der Waals surface area contributed by atoms with E-state index in [1.807, 2.05) is 0 Å². The van der Waals surface area contributed by atoms with Gasteiger partial charge in [0.15, 0.2) is 0 Å². The molecule has 0 spiro atoms. The Labute approximate surface area is 90.8 Å². The Hall–Kier alpha value is -0.650. The lowest BCUT2D eigenvalue weighted by molar-refractivity contribution is -0.146. The minimum absolute atomic E-state index is 0.223. The van der Waals surface area contributed by atoms with Crippen LogP contribution in [-0.2, 0) is 9.53 Å². The van der Waals surface area contributed by atoms with Crippen molar-refractivity contribution < 1.29 is 14.6 Å². The van der Waals surface area contributed by atoms with Crippen molar-refractivity contribution in [1.82, 2.24) is 0 Å². The number of hydrogen-bond donors (Lipinski definition) is 3. The van der Waals surface area contributed by atoms with Crippen molar-refractivity contribution >= 4 is 5.97 Å². The molecule has 0 radical (unpaired) electrons. The Morgan fingerprint density at radius 1 is 1.40 bits per heavy atom. The van der Waals surface area contributed by atoms with E-state index in [2.05, 4.69) is 0 Å². The molecule has 5 heteroatoms. The fraction of sp³-hybridized carbons (Fsp3) is 0.900. The number of aliphatic hydroxyl groups is 1. The van der Waals surface area contributed by atoms with Gasteiger partial charge in [-0.1, -0.05) is 6.42 Å². The standard InChI is InChI=1S/C10H22N2O3/c1-8(13)5-7-15-10(14)9(12)4-2-3-6-11/h8-9,13H,2-7,11-12H2,1H3/t8?,9-/m0/s1. The lowest BCUT2D eigenvalue weighted by Crippen LogP contribution is -2.32. The molecule has 5 nitrogen and oxygen atoms in total. The number of rotatable bonds is 8. The number of carbonyl (C=O) groups excluding carboxylic acids is 1. The highest BCUT2D eigenvalue weighted by Crippen LogP contribution is 2.00. The van der Waals surface area contributed by atoms with Crippen LogP contribution >= 0.6 is 0 Å². The van der Waals surface area contributed by atoms with Crippen LogP contribution < -0.4 is 11.5 Å². The SMILES string of the molecule is CC(O)CCOC(=O)[C@@H](N)CCCCN. The fourth-order valence-electron chi connectivity index (χ4n) is 1.06. The molecule has 0 bridgehead atoms. The van der Waals surface area contributed by atoms with Gasteiger partial charge in [0, 0.05) is 6.42 Å². The first kappa shape index (κ1) is 14.3. The molecule has 0 heterocycles. The third-order valence-corrected chi connectivity index (χ3v) is 2.05. The van der Waals surface area contributed by atoms with Crippen molar-refractivity contribution in [1.29, 1.82) is 0 Å². The summed E-state index contributed by atoms with van der Waals surface area (Å²) >= 11 is 0. The number of carbonyl (C=O) groups is 1. The summed E-state index contributed by atoms with van der Waals surface area (Å²) in [6.07, 6.45) is 2.30. The minimum atomic E-state index is -0.564. The van der Waals surface area contributed by atoms with Crippen LogP contribution in [0.3, 0.4) is 0 Å². The maximum atomic E-state index is 11.3. The summed E-state index contributed by atoms with van der Waals surface area (Å²) < 4.78 is 4.89. The summed E-state index contributed by atoms with van der Waals surface area (Å²) in [6, 6.07) is -0.564. The molecule has 1 unspecified atom stereocenters. The van der Waals surface area contributed by atoms with E-state index >= 15 is 0 Å². The molecule has 0 amide bonds. The molecule has 5 N–H and O–H groups in total. The van der Waals surface area contributed by atoms with E-state index < -0.39 is 18.1 Å². The normalized spacial score (nSPS) is 14.7. The number of unbranched alkanes of at least 4 members (excludes halogenated alkanes) is 1. The highest BCUT2D eigenvalue weighted by Gasteiger charge is 2.14. The molecule has 0 aliphatic carbocycles. The van der Waals surface area contributed by atoms with Gasteiger partial charge in [-0.2, -0.15) is 0 Å². The number of aliphatic hydroxyl groups excluding tert-OH is 1. The van der Waals surface area contributed by atoms with E-state index in [0.717, 1.165) is 12.8 Å². The Kier molecular flexibility index (Phi) is 8.27. The molecule has 0 aromatic rings. The topological polar surface area (TPSA) is 98.6 Å². The van der Waals surface area contributed by atoms with Crippen LogP contribution in [0.15, 0.2) is 0 Å². The van der Waals surface area contributed by atoms with Gasteiger partial charge in [0.05, 0.1) is 12.7 Å². The van der Waals surface area contributed by atoms with E-state index in [-0.39, 0.29) is 6.61 Å². The maximum absolute atomic E-state index is 11.3. The zero-order valence-electron chi connectivity index (χ0n) is 9.32. The van der Waals surface area contributed by atoms with Crippen LogP contribution in [0.25, 0.3) is 0 Å².